The summed E-state index contributed by atoms with van der Waals surface area (Å²) in [6.45, 7) is -0.201. The van der Waals surface area contributed by atoms with Crippen molar-refractivity contribution in [2.75, 3.05) is 13.7 Å². The number of carbonyl (C=O) groups excluding carboxylic acids is 2. The molecule has 0 aliphatic carbocycles. The number of carbonyl (C=O) groups is 2. The quantitative estimate of drug-likeness (QED) is 0.336. The minimum Gasteiger partial charge on any atom is -0.493 e. The van der Waals surface area contributed by atoms with Gasteiger partial charge >= 0.3 is 0 Å². The number of benzene rings is 3. The molecule has 2 heterocycles. The van der Waals surface area contributed by atoms with Crippen LogP contribution in [0.25, 0.3) is 10.8 Å². The standard InChI is InChI=1S/C27H22N2O4S/c1-32-25-13-18(16-30)8-11-24(25)33-17-27(31)29-23(26-7-4-12-34-26)15-22(28-29)21-10-9-19-5-2-3-6-20(19)14-21/h2-14,16,23H,15,17H2,1H3. The van der Waals surface area contributed by atoms with Gasteiger partial charge in [0.25, 0.3) is 5.91 Å². The van der Waals surface area contributed by atoms with Crippen LogP contribution in [0.5, 0.6) is 11.5 Å². The summed E-state index contributed by atoms with van der Waals surface area (Å²) in [6.07, 6.45) is 1.36. The Morgan fingerprint density at radius 1 is 1.06 bits per heavy atom. The molecule has 5 rings (SSSR count). The van der Waals surface area contributed by atoms with Crippen molar-refractivity contribution < 1.29 is 19.1 Å². The maximum Gasteiger partial charge on any atom is 0.281 e. The Morgan fingerprint density at radius 2 is 1.91 bits per heavy atom. The molecule has 0 N–H and O–H groups in total. The second-order valence-corrected chi connectivity index (χ2v) is 8.88. The minimum absolute atomic E-state index is 0.183. The van der Waals surface area contributed by atoms with Gasteiger partial charge in [-0.2, -0.15) is 5.10 Å². The van der Waals surface area contributed by atoms with Gasteiger partial charge in [0.1, 0.15) is 6.29 Å². The van der Waals surface area contributed by atoms with E-state index in [4.69, 9.17) is 14.6 Å². The fourth-order valence-corrected chi connectivity index (χ4v) is 4.88. The van der Waals surface area contributed by atoms with E-state index < -0.39 is 0 Å². The number of methoxy groups -OCH3 is 1. The Balaban J connectivity index is 1.40. The van der Waals surface area contributed by atoms with Crippen LogP contribution in [-0.2, 0) is 4.79 Å². The highest BCUT2D eigenvalue weighted by atomic mass is 32.1. The van der Waals surface area contributed by atoms with Gasteiger partial charge in [-0.25, -0.2) is 5.01 Å². The maximum absolute atomic E-state index is 13.2. The molecule has 1 unspecified atom stereocenters. The molecule has 1 aliphatic rings. The van der Waals surface area contributed by atoms with Crippen LogP contribution in [-0.4, -0.2) is 36.6 Å². The highest BCUT2D eigenvalue weighted by Gasteiger charge is 2.34. The molecule has 6 nitrogen and oxygen atoms in total. The van der Waals surface area contributed by atoms with Crippen molar-refractivity contribution in [2.24, 2.45) is 5.10 Å². The number of amides is 1. The first-order chi connectivity index (χ1) is 16.7. The zero-order valence-corrected chi connectivity index (χ0v) is 19.3. The number of fused-ring (bicyclic) bond motifs is 1. The van der Waals surface area contributed by atoms with Gasteiger partial charge in [0.2, 0.25) is 0 Å². The largest absolute Gasteiger partial charge is 0.493 e. The van der Waals surface area contributed by atoms with Crippen LogP contribution in [0.15, 0.2) is 83.3 Å². The van der Waals surface area contributed by atoms with E-state index in [0.717, 1.165) is 33.2 Å². The van der Waals surface area contributed by atoms with Gasteiger partial charge in [-0.1, -0.05) is 42.5 Å². The number of thiophene rings is 1. The van der Waals surface area contributed by atoms with E-state index in [0.29, 0.717) is 23.5 Å². The highest BCUT2D eigenvalue weighted by molar-refractivity contribution is 7.10. The first-order valence-corrected chi connectivity index (χ1v) is 11.7. The first-order valence-electron chi connectivity index (χ1n) is 10.8. The molecular formula is C27H22N2O4S. The molecule has 0 fully saturated rings. The van der Waals surface area contributed by atoms with Crippen molar-refractivity contribution in [3.05, 3.63) is 94.2 Å². The molecule has 0 bridgehead atoms. The highest BCUT2D eigenvalue weighted by Crippen LogP contribution is 2.36. The van der Waals surface area contributed by atoms with Crippen molar-refractivity contribution in [2.45, 2.75) is 12.5 Å². The summed E-state index contributed by atoms with van der Waals surface area (Å²) in [5.41, 5.74) is 2.34. The Hall–Kier alpha value is -3.97. The first kappa shape index (κ1) is 21.9. The van der Waals surface area contributed by atoms with E-state index in [9.17, 15) is 9.59 Å². The predicted octanol–water partition coefficient (Wildman–Crippen LogP) is 5.48. The Kier molecular flexibility index (Phi) is 6.10. The normalized spacial score (nSPS) is 15.3. The second kappa shape index (κ2) is 9.49. The van der Waals surface area contributed by atoms with Crippen molar-refractivity contribution in [1.82, 2.24) is 5.01 Å². The molecular weight excluding hydrogens is 448 g/mol. The van der Waals surface area contributed by atoms with Gasteiger partial charge in [0, 0.05) is 16.9 Å². The average molecular weight is 471 g/mol. The molecule has 7 heteroatoms. The van der Waals surface area contributed by atoms with Gasteiger partial charge in [0.15, 0.2) is 18.1 Å². The molecule has 3 aromatic carbocycles. The van der Waals surface area contributed by atoms with E-state index in [1.807, 2.05) is 29.6 Å². The zero-order chi connectivity index (χ0) is 23.5. The van der Waals surface area contributed by atoms with Gasteiger partial charge in [0.05, 0.1) is 18.9 Å². The second-order valence-electron chi connectivity index (χ2n) is 7.90. The summed E-state index contributed by atoms with van der Waals surface area (Å²) >= 11 is 1.60. The summed E-state index contributed by atoms with van der Waals surface area (Å²) in [6, 6.07) is 23.1. The fraction of sp³-hybridized carbons (Fsp3) is 0.148. The predicted molar refractivity (Wildman–Crippen MR) is 133 cm³/mol. The summed E-state index contributed by atoms with van der Waals surface area (Å²) < 4.78 is 11.1. The van der Waals surface area contributed by atoms with Gasteiger partial charge < -0.3 is 9.47 Å². The van der Waals surface area contributed by atoms with Crippen molar-refractivity contribution in [1.29, 1.82) is 0 Å². The third-order valence-corrected chi connectivity index (χ3v) is 6.77. The number of ether oxygens (including phenoxy) is 2. The summed E-state index contributed by atoms with van der Waals surface area (Å²) in [4.78, 5) is 25.3. The maximum atomic E-state index is 13.2. The van der Waals surface area contributed by atoms with E-state index in [1.165, 1.54) is 12.1 Å². The van der Waals surface area contributed by atoms with Crippen molar-refractivity contribution in [3.63, 3.8) is 0 Å². The molecule has 1 amide bonds. The van der Waals surface area contributed by atoms with Crippen LogP contribution in [0.1, 0.15) is 33.3 Å². The van der Waals surface area contributed by atoms with E-state index in [1.54, 1.807) is 29.5 Å². The molecule has 170 valence electrons. The van der Waals surface area contributed by atoms with Crippen molar-refractivity contribution >= 4 is 40.0 Å². The third kappa shape index (κ3) is 4.30. The SMILES string of the molecule is COc1cc(C=O)ccc1OCC(=O)N1N=C(c2ccc3ccccc3c2)CC1c1cccs1. The van der Waals surface area contributed by atoms with Crippen molar-refractivity contribution in [3.8, 4) is 11.5 Å². The number of hydrogen-bond donors (Lipinski definition) is 0. The Labute approximate surface area is 201 Å². The molecule has 0 spiro atoms. The summed E-state index contributed by atoms with van der Waals surface area (Å²) in [7, 11) is 1.49. The van der Waals surface area contributed by atoms with E-state index in [-0.39, 0.29) is 18.6 Å². The van der Waals surface area contributed by atoms with Gasteiger partial charge in [-0.15, -0.1) is 11.3 Å². The lowest BCUT2D eigenvalue weighted by Crippen LogP contribution is -2.31. The lowest BCUT2D eigenvalue weighted by atomic mass is 10.00. The van der Waals surface area contributed by atoms with Gasteiger partial charge in [-0.3, -0.25) is 9.59 Å². The average Bonchev–Trinajstić information content (AvgIpc) is 3.57. The van der Waals surface area contributed by atoms with Crippen LogP contribution >= 0.6 is 11.3 Å². The summed E-state index contributed by atoms with van der Waals surface area (Å²) in [5, 5.41) is 10.6. The number of hydrogen-bond acceptors (Lipinski definition) is 6. The molecule has 1 aliphatic heterocycles. The van der Waals surface area contributed by atoms with E-state index >= 15 is 0 Å². The van der Waals surface area contributed by atoms with Crippen LogP contribution in [0.4, 0.5) is 0 Å². The molecule has 1 atom stereocenters. The third-order valence-electron chi connectivity index (χ3n) is 5.80. The zero-order valence-electron chi connectivity index (χ0n) is 18.5. The smallest absolute Gasteiger partial charge is 0.281 e. The lowest BCUT2D eigenvalue weighted by molar-refractivity contribution is -0.135. The number of nitrogens with zero attached hydrogens (tertiary/aromatic N) is 2. The molecule has 4 aromatic rings. The monoisotopic (exact) mass is 470 g/mol. The minimum atomic E-state index is -0.254. The molecule has 0 saturated heterocycles. The van der Waals surface area contributed by atoms with E-state index in [2.05, 4.69) is 30.3 Å². The van der Waals surface area contributed by atoms with Gasteiger partial charge in [-0.05, 0) is 52.0 Å². The number of rotatable bonds is 7. The number of hydrazone groups is 1. The molecule has 0 radical (unpaired) electrons. The molecule has 34 heavy (non-hydrogen) atoms. The Morgan fingerprint density at radius 3 is 2.68 bits per heavy atom. The fourth-order valence-electron chi connectivity index (χ4n) is 4.07. The molecule has 0 saturated carbocycles. The molecule has 1 aromatic heterocycles. The number of aldehydes is 1. The van der Waals surface area contributed by atoms with Crippen LogP contribution in [0.2, 0.25) is 0 Å². The lowest BCUT2D eigenvalue weighted by Gasteiger charge is -2.21. The summed E-state index contributed by atoms with van der Waals surface area (Å²) in [5.74, 6) is 0.539. The van der Waals surface area contributed by atoms with Crippen LogP contribution in [0.3, 0.4) is 0 Å². The Bertz CT molecular complexity index is 1380. The van der Waals surface area contributed by atoms with Crippen LogP contribution < -0.4 is 9.47 Å². The van der Waals surface area contributed by atoms with Crippen LogP contribution in [0, 0.1) is 0 Å². The topological polar surface area (TPSA) is 68.2 Å².